The van der Waals surface area contributed by atoms with Crippen LogP contribution in [0.5, 0.6) is 5.75 Å². The van der Waals surface area contributed by atoms with Crippen molar-refractivity contribution in [3.05, 3.63) is 78.9 Å². The second-order valence-corrected chi connectivity index (χ2v) is 6.34. The lowest BCUT2D eigenvalue weighted by molar-refractivity contribution is 0.0329. The van der Waals surface area contributed by atoms with Crippen molar-refractivity contribution in [3.8, 4) is 16.9 Å². The summed E-state index contributed by atoms with van der Waals surface area (Å²) in [4.78, 5) is 0. The topological polar surface area (TPSA) is 18.5 Å². The van der Waals surface area contributed by atoms with Crippen LogP contribution < -0.4 is 4.74 Å². The van der Waals surface area contributed by atoms with E-state index in [1.54, 1.807) is 0 Å². The predicted molar refractivity (Wildman–Crippen MR) is 99.4 cm³/mol. The van der Waals surface area contributed by atoms with E-state index in [0.717, 1.165) is 18.4 Å². The van der Waals surface area contributed by atoms with Gasteiger partial charge in [-0.25, -0.2) is 4.39 Å². The number of hydrogen-bond acceptors (Lipinski definition) is 2. The smallest absolute Gasteiger partial charge is 0.201 e. The highest BCUT2D eigenvalue weighted by molar-refractivity contribution is 5.65. The van der Waals surface area contributed by atoms with Gasteiger partial charge >= 0.3 is 0 Å². The molecule has 0 radical (unpaired) electrons. The minimum atomic E-state index is -0.982. The molecule has 1 heterocycles. The Kier molecular flexibility index (Phi) is 5.84. The molecule has 0 bridgehead atoms. The van der Waals surface area contributed by atoms with Gasteiger partial charge in [-0.1, -0.05) is 43.0 Å². The van der Waals surface area contributed by atoms with Gasteiger partial charge in [0.25, 0.3) is 0 Å². The van der Waals surface area contributed by atoms with Gasteiger partial charge in [-0.15, -0.1) is 6.58 Å². The summed E-state index contributed by atoms with van der Waals surface area (Å²) in [6, 6.07) is 10.5. The van der Waals surface area contributed by atoms with Crippen LogP contribution in [0.25, 0.3) is 11.1 Å². The largest absolute Gasteiger partial charge is 0.486 e. The fourth-order valence-corrected chi connectivity index (χ4v) is 3.17. The molecule has 0 saturated carbocycles. The molecule has 1 aliphatic heterocycles. The highest BCUT2D eigenvalue weighted by atomic mass is 19.2. The summed E-state index contributed by atoms with van der Waals surface area (Å²) >= 11 is 0. The molecule has 0 amide bonds. The second-order valence-electron chi connectivity index (χ2n) is 6.34. The quantitative estimate of drug-likeness (QED) is 0.623. The first-order chi connectivity index (χ1) is 12.6. The summed E-state index contributed by atoms with van der Waals surface area (Å²) in [5.41, 5.74) is 1.98. The Hall–Kier alpha value is -2.46. The zero-order chi connectivity index (χ0) is 18.5. The van der Waals surface area contributed by atoms with Gasteiger partial charge in [0, 0.05) is 11.5 Å². The maximum atomic E-state index is 14.4. The van der Waals surface area contributed by atoms with E-state index in [4.69, 9.17) is 9.47 Å². The lowest BCUT2D eigenvalue weighted by Gasteiger charge is -2.27. The fourth-order valence-electron chi connectivity index (χ4n) is 3.17. The van der Waals surface area contributed by atoms with Gasteiger partial charge in [-0.2, -0.15) is 4.39 Å². The Labute approximate surface area is 152 Å². The predicted octanol–water partition coefficient (Wildman–Crippen LogP) is 5.65. The summed E-state index contributed by atoms with van der Waals surface area (Å²) in [5.74, 6) is -1.69. The van der Waals surface area contributed by atoms with Crippen LogP contribution in [0.4, 0.5) is 8.78 Å². The Morgan fingerprint density at radius 3 is 2.42 bits per heavy atom. The van der Waals surface area contributed by atoms with Crippen LogP contribution in [0, 0.1) is 11.6 Å². The van der Waals surface area contributed by atoms with Crippen LogP contribution in [0.1, 0.15) is 24.3 Å². The molecular weight excluding hydrogens is 334 g/mol. The summed E-state index contributed by atoms with van der Waals surface area (Å²) < 4.78 is 39.4. The van der Waals surface area contributed by atoms with Crippen molar-refractivity contribution < 1.29 is 18.3 Å². The average molecular weight is 356 g/mol. The molecule has 136 valence electrons. The van der Waals surface area contributed by atoms with Gasteiger partial charge in [0.05, 0.1) is 12.7 Å². The third kappa shape index (κ3) is 3.86. The minimum absolute atomic E-state index is 0.112. The van der Waals surface area contributed by atoms with Crippen molar-refractivity contribution in [3.63, 3.8) is 0 Å². The molecule has 4 heteroatoms. The number of benzene rings is 2. The Balaban J connectivity index is 1.77. The van der Waals surface area contributed by atoms with Crippen LogP contribution in [-0.2, 0) is 4.74 Å². The summed E-state index contributed by atoms with van der Waals surface area (Å²) in [7, 11) is 0. The molecule has 0 N–H and O–H groups in total. The van der Waals surface area contributed by atoms with Crippen molar-refractivity contribution in [1.29, 1.82) is 0 Å². The van der Waals surface area contributed by atoms with Crippen LogP contribution in [-0.4, -0.2) is 19.3 Å². The van der Waals surface area contributed by atoms with Crippen LogP contribution in [0.2, 0.25) is 0 Å². The van der Waals surface area contributed by atoms with E-state index in [2.05, 4.69) is 13.2 Å². The maximum absolute atomic E-state index is 14.4. The van der Waals surface area contributed by atoms with E-state index >= 15 is 0 Å². The van der Waals surface area contributed by atoms with Gasteiger partial charge in [0.1, 0.15) is 6.61 Å². The van der Waals surface area contributed by atoms with Crippen LogP contribution >= 0.6 is 0 Å². The van der Waals surface area contributed by atoms with Gasteiger partial charge < -0.3 is 9.47 Å². The van der Waals surface area contributed by atoms with Gasteiger partial charge in [0.15, 0.2) is 11.6 Å². The normalized spacial score (nSPS) is 19.8. The zero-order valence-corrected chi connectivity index (χ0v) is 14.6. The SMILES string of the molecule is C=CCOc1ccc(-c2ccc(C3CCC(C=C)OC3)cc2)c(F)c1F. The molecule has 1 fully saturated rings. The molecule has 1 aliphatic rings. The van der Waals surface area contributed by atoms with E-state index in [0.29, 0.717) is 18.1 Å². The summed E-state index contributed by atoms with van der Waals surface area (Å²) in [6.07, 6.45) is 5.41. The molecule has 2 unspecified atom stereocenters. The van der Waals surface area contributed by atoms with Crippen molar-refractivity contribution >= 4 is 0 Å². The molecule has 0 aliphatic carbocycles. The number of halogens is 2. The minimum Gasteiger partial charge on any atom is -0.486 e. The molecule has 26 heavy (non-hydrogen) atoms. The molecular formula is C22H22F2O2. The van der Waals surface area contributed by atoms with Crippen LogP contribution in [0.15, 0.2) is 61.7 Å². The lowest BCUT2D eigenvalue weighted by Crippen LogP contribution is -2.22. The van der Waals surface area contributed by atoms with Crippen molar-refractivity contribution in [2.45, 2.75) is 24.9 Å². The fraction of sp³-hybridized carbons (Fsp3) is 0.273. The molecule has 2 atom stereocenters. The second kappa shape index (κ2) is 8.28. The van der Waals surface area contributed by atoms with Gasteiger partial charge in [-0.05, 0) is 36.1 Å². The van der Waals surface area contributed by atoms with Gasteiger partial charge in [0.2, 0.25) is 5.82 Å². The highest BCUT2D eigenvalue weighted by Crippen LogP contribution is 2.33. The summed E-state index contributed by atoms with van der Waals surface area (Å²) in [6.45, 7) is 8.03. The monoisotopic (exact) mass is 356 g/mol. The van der Waals surface area contributed by atoms with Crippen molar-refractivity contribution in [1.82, 2.24) is 0 Å². The van der Waals surface area contributed by atoms with Crippen molar-refractivity contribution in [2.75, 3.05) is 13.2 Å². The first-order valence-electron chi connectivity index (χ1n) is 8.70. The maximum Gasteiger partial charge on any atom is 0.201 e. The van der Waals surface area contributed by atoms with Crippen LogP contribution in [0.3, 0.4) is 0 Å². The molecule has 2 aromatic rings. The molecule has 2 aromatic carbocycles. The first-order valence-corrected chi connectivity index (χ1v) is 8.70. The van der Waals surface area contributed by atoms with Crippen molar-refractivity contribution in [2.24, 2.45) is 0 Å². The van der Waals surface area contributed by atoms with E-state index in [9.17, 15) is 8.78 Å². The summed E-state index contributed by atoms with van der Waals surface area (Å²) in [5, 5.41) is 0. The molecule has 0 spiro atoms. The molecule has 3 rings (SSSR count). The molecule has 0 aromatic heterocycles. The highest BCUT2D eigenvalue weighted by Gasteiger charge is 2.21. The van der Waals surface area contributed by atoms with E-state index in [-0.39, 0.29) is 24.0 Å². The van der Waals surface area contributed by atoms with E-state index in [1.165, 1.54) is 18.2 Å². The van der Waals surface area contributed by atoms with E-state index < -0.39 is 11.6 Å². The Morgan fingerprint density at radius 2 is 1.81 bits per heavy atom. The van der Waals surface area contributed by atoms with E-state index in [1.807, 2.05) is 30.3 Å². The third-order valence-electron chi connectivity index (χ3n) is 4.67. The lowest BCUT2D eigenvalue weighted by atomic mass is 9.90. The Bertz CT molecular complexity index is 775. The average Bonchev–Trinajstić information content (AvgIpc) is 2.69. The number of rotatable bonds is 6. The Morgan fingerprint density at radius 1 is 1.04 bits per heavy atom. The third-order valence-corrected chi connectivity index (χ3v) is 4.67. The zero-order valence-electron chi connectivity index (χ0n) is 14.6. The standard InChI is InChI=1S/C22H22F2O2/c1-3-13-25-20-12-11-19(21(23)22(20)24)16-7-5-15(6-8-16)17-9-10-18(4-2)26-14-17/h3-8,11-12,17-18H,1-2,9-10,13-14H2. The first kappa shape index (κ1) is 18.3. The van der Waals surface area contributed by atoms with Gasteiger partial charge in [-0.3, -0.25) is 0 Å². The molecule has 2 nitrogen and oxygen atoms in total. The number of hydrogen-bond donors (Lipinski definition) is 0. The molecule has 1 saturated heterocycles. The number of ether oxygens (including phenoxy) is 2.